The lowest BCUT2D eigenvalue weighted by atomic mass is 10.2. The first-order valence-electron chi connectivity index (χ1n) is 5.27. The Morgan fingerprint density at radius 3 is 2.40 bits per heavy atom. The molecule has 1 heterocycles. The van der Waals surface area contributed by atoms with Gasteiger partial charge in [-0.2, -0.15) is 0 Å². The molecule has 0 aromatic carbocycles. The highest BCUT2D eigenvalue weighted by atomic mass is 28.4. The molecule has 0 aliphatic carbocycles. The third kappa shape index (κ3) is 3.17. The van der Waals surface area contributed by atoms with Gasteiger partial charge < -0.3 is 8.84 Å². The van der Waals surface area contributed by atoms with Crippen LogP contribution in [0, 0.1) is 6.92 Å². The fourth-order valence-electron chi connectivity index (χ4n) is 0.945. The molecule has 0 atom stereocenters. The van der Waals surface area contributed by atoms with Crippen molar-refractivity contribution in [3.8, 4) is 0 Å². The molecule has 3 nitrogen and oxygen atoms in total. The normalized spacial score (nSPS) is 13.2. The number of hydrogen-bond donors (Lipinski definition) is 0. The summed E-state index contributed by atoms with van der Waals surface area (Å²) in [6.45, 7) is 13.6. The summed E-state index contributed by atoms with van der Waals surface area (Å²) in [5.41, 5.74) is 0.886. The topological polar surface area (TPSA) is 35.3 Å². The number of hydrogen-bond acceptors (Lipinski definition) is 3. The first-order chi connectivity index (χ1) is 6.72. The van der Waals surface area contributed by atoms with Crippen molar-refractivity contribution in [1.82, 2.24) is 4.98 Å². The van der Waals surface area contributed by atoms with Gasteiger partial charge in [-0.1, -0.05) is 20.8 Å². The first-order valence-corrected chi connectivity index (χ1v) is 8.18. The van der Waals surface area contributed by atoms with Crippen LogP contribution in [0.25, 0.3) is 0 Å². The van der Waals surface area contributed by atoms with Crippen LogP contribution in [0.5, 0.6) is 0 Å². The molecule has 0 bridgehead atoms. The standard InChI is InChI=1S/C11H21NO2Si/c1-9-12-10(7-13-9)8-14-15(5,6)11(2,3)4/h7H,8H2,1-6H3. The highest BCUT2D eigenvalue weighted by Gasteiger charge is 2.37. The van der Waals surface area contributed by atoms with Crippen LogP contribution in [0.4, 0.5) is 0 Å². The van der Waals surface area contributed by atoms with E-state index in [1.165, 1.54) is 0 Å². The Balaban J connectivity index is 2.57. The molecule has 0 amide bonds. The molecule has 1 aromatic heterocycles. The van der Waals surface area contributed by atoms with E-state index in [-0.39, 0.29) is 5.04 Å². The Morgan fingerprint density at radius 2 is 2.00 bits per heavy atom. The fraction of sp³-hybridized carbons (Fsp3) is 0.727. The van der Waals surface area contributed by atoms with Gasteiger partial charge in [-0.25, -0.2) is 4.98 Å². The monoisotopic (exact) mass is 227 g/mol. The predicted molar refractivity (Wildman–Crippen MR) is 63.2 cm³/mol. The summed E-state index contributed by atoms with van der Waals surface area (Å²) in [7, 11) is -1.66. The van der Waals surface area contributed by atoms with E-state index in [0.717, 1.165) is 5.69 Å². The second-order valence-electron chi connectivity index (χ2n) is 5.41. The van der Waals surface area contributed by atoms with Crippen LogP contribution in [0.15, 0.2) is 10.7 Å². The fourth-order valence-corrected chi connectivity index (χ4v) is 1.89. The van der Waals surface area contributed by atoms with Crippen molar-refractivity contribution >= 4 is 8.32 Å². The molecule has 0 saturated heterocycles. The van der Waals surface area contributed by atoms with Gasteiger partial charge in [-0.15, -0.1) is 0 Å². The molecule has 15 heavy (non-hydrogen) atoms. The van der Waals surface area contributed by atoms with Crippen LogP contribution in [0.2, 0.25) is 18.1 Å². The zero-order chi connectivity index (χ0) is 11.7. The van der Waals surface area contributed by atoms with E-state index in [1.54, 1.807) is 6.26 Å². The minimum atomic E-state index is -1.66. The average Bonchev–Trinajstić information content (AvgIpc) is 2.46. The summed E-state index contributed by atoms with van der Waals surface area (Å²) in [5, 5.41) is 0.242. The van der Waals surface area contributed by atoms with Crippen LogP contribution in [-0.2, 0) is 11.0 Å². The van der Waals surface area contributed by atoms with Crippen molar-refractivity contribution in [2.75, 3.05) is 0 Å². The molecular weight excluding hydrogens is 206 g/mol. The van der Waals surface area contributed by atoms with E-state index in [0.29, 0.717) is 12.5 Å². The van der Waals surface area contributed by atoms with Crippen molar-refractivity contribution in [3.05, 3.63) is 17.8 Å². The first kappa shape index (κ1) is 12.5. The van der Waals surface area contributed by atoms with Crippen molar-refractivity contribution in [3.63, 3.8) is 0 Å². The number of aryl methyl sites for hydroxylation is 1. The Labute approximate surface area is 93.0 Å². The zero-order valence-corrected chi connectivity index (χ0v) is 11.5. The number of nitrogens with zero attached hydrogens (tertiary/aromatic N) is 1. The second-order valence-corrected chi connectivity index (χ2v) is 10.2. The van der Waals surface area contributed by atoms with Gasteiger partial charge in [0, 0.05) is 6.92 Å². The zero-order valence-electron chi connectivity index (χ0n) is 10.5. The van der Waals surface area contributed by atoms with Crippen LogP contribution < -0.4 is 0 Å². The van der Waals surface area contributed by atoms with Gasteiger partial charge in [0.2, 0.25) is 0 Å². The Morgan fingerprint density at radius 1 is 1.40 bits per heavy atom. The van der Waals surface area contributed by atoms with Crippen LogP contribution in [-0.4, -0.2) is 13.3 Å². The molecule has 0 N–H and O–H groups in total. The van der Waals surface area contributed by atoms with E-state index >= 15 is 0 Å². The molecule has 0 aliphatic rings. The Kier molecular flexibility index (Phi) is 3.40. The van der Waals surface area contributed by atoms with Crippen LogP contribution in [0.1, 0.15) is 32.4 Å². The molecule has 0 fully saturated rings. The van der Waals surface area contributed by atoms with Gasteiger partial charge in [0.15, 0.2) is 14.2 Å². The maximum Gasteiger partial charge on any atom is 0.192 e. The SMILES string of the molecule is Cc1nc(CO[Si](C)(C)C(C)(C)C)co1. The Bertz CT molecular complexity index is 326. The molecule has 1 rings (SSSR count). The van der Waals surface area contributed by atoms with Crippen LogP contribution >= 0.6 is 0 Å². The average molecular weight is 227 g/mol. The van der Waals surface area contributed by atoms with Gasteiger partial charge in [0.05, 0.1) is 6.61 Å². The van der Waals surface area contributed by atoms with E-state index in [9.17, 15) is 0 Å². The smallest absolute Gasteiger partial charge is 0.192 e. The Hall–Kier alpha value is -0.613. The van der Waals surface area contributed by atoms with Gasteiger partial charge in [-0.3, -0.25) is 0 Å². The molecule has 0 spiro atoms. The molecule has 86 valence electrons. The minimum absolute atomic E-state index is 0.242. The quantitative estimate of drug-likeness (QED) is 0.741. The van der Waals surface area contributed by atoms with Gasteiger partial charge in [0.1, 0.15) is 12.0 Å². The van der Waals surface area contributed by atoms with Gasteiger partial charge in [0.25, 0.3) is 0 Å². The molecule has 0 aliphatic heterocycles. The van der Waals surface area contributed by atoms with E-state index in [1.807, 2.05) is 6.92 Å². The third-order valence-electron chi connectivity index (χ3n) is 3.05. The molecular formula is C11H21NO2Si. The summed E-state index contributed by atoms with van der Waals surface area (Å²) in [4.78, 5) is 4.23. The third-order valence-corrected chi connectivity index (χ3v) is 7.53. The maximum absolute atomic E-state index is 6.01. The van der Waals surface area contributed by atoms with Crippen molar-refractivity contribution < 1.29 is 8.84 Å². The lowest BCUT2D eigenvalue weighted by molar-refractivity contribution is 0.272. The van der Waals surface area contributed by atoms with Crippen molar-refractivity contribution in [2.24, 2.45) is 0 Å². The van der Waals surface area contributed by atoms with Gasteiger partial charge >= 0.3 is 0 Å². The van der Waals surface area contributed by atoms with E-state index < -0.39 is 8.32 Å². The van der Waals surface area contributed by atoms with Crippen molar-refractivity contribution in [2.45, 2.75) is 52.4 Å². The van der Waals surface area contributed by atoms with Gasteiger partial charge in [-0.05, 0) is 18.1 Å². The maximum atomic E-state index is 6.01. The molecule has 0 radical (unpaired) electrons. The molecule has 4 heteroatoms. The highest BCUT2D eigenvalue weighted by molar-refractivity contribution is 6.74. The largest absolute Gasteiger partial charge is 0.449 e. The minimum Gasteiger partial charge on any atom is -0.449 e. The van der Waals surface area contributed by atoms with Crippen LogP contribution in [0.3, 0.4) is 0 Å². The summed E-state index contributed by atoms with van der Waals surface area (Å²) >= 11 is 0. The summed E-state index contributed by atoms with van der Waals surface area (Å²) < 4.78 is 11.1. The summed E-state index contributed by atoms with van der Waals surface area (Å²) in [6.07, 6.45) is 1.67. The second kappa shape index (κ2) is 4.10. The lowest BCUT2D eigenvalue weighted by Gasteiger charge is -2.35. The molecule has 0 unspecified atom stereocenters. The number of rotatable bonds is 3. The number of oxazole rings is 1. The molecule has 0 saturated carbocycles. The molecule has 1 aromatic rings. The van der Waals surface area contributed by atoms with E-state index in [2.05, 4.69) is 38.8 Å². The number of aromatic nitrogens is 1. The summed E-state index contributed by atoms with van der Waals surface area (Å²) in [6, 6.07) is 0. The van der Waals surface area contributed by atoms with E-state index in [4.69, 9.17) is 8.84 Å². The van der Waals surface area contributed by atoms with Crippen molar-refractivity contribution in [1.29, 1.82) is 0 Å². The lowest BCUT2D eigenvalue weighted by Crippen LogP contribution is -2.40. The highest BCUT2D eigenvalue weighted by Crippen LogP contribution is 2.36. The predicted octanol–water partition coefficient (Wildman–Crippen LogP) is 3.50. The summed E-state index contributed by atoms with van der Waals surface area (Å²) in [5.74, 6) is 0.698.